The summed E-state index contributed by atoms with van der Waals surface area (Å²) in [6.45, 7) is 1.66. The molecule has 0 aromatic heterocycles. The highest BCUT2D eigenvalue weighted by atomic mass is 35.5. The number of halogens is 2. The predicted molar refractivity (Wildman–Crippen MR) is 81.5 cm³/mol. The summed E-state index contributed by atoms with van der Waals surface area (Å²) in [6, 6.07) is 11.7. The molecule has 0 aliphatic carbocycles. The smallest absolute Gasteiger partial charge is 0.257 e. The van der Waals surface area contributed by atoms with Gasteiger partial charge in [-0.3, -0.25) is 4.79 Å². The summed E-state index contributed by atoms with van der Waals surface area (Å²) in [5, 5.41) is 13.0. The Balaban J connectivity index is 2.23. The maximum absolute atomic E-state index is 12.2. The minimum absolute atomic E-state index is 0.307. The van der Waals surface area contributed by atoms with Crippen molar-refractivity contribution in [2.24, 2.45) is 0 Å². The number of hydrogen-bond donors (Lipinski definition) is 2. The van der Waals surface area contributed by atoms with Crippen molar-refractivity contribution in [2.45, 2.75) is 13.0 Å². The Bertz CT molecular complexity index is 642. The largest absolute Gasteiger partial charge is 0.389 e. The van der Waals surface area contributed by atoms with Crippen molar-refractivity contribution in [3.8, 4) is 0 Å². The number of amides is 1. The van der Waals surface area contributed by atoms with Gasteiger partial charge in [-0.15, -0.1) is 0 Å². The van der Waals surface area contributed by atoms with E-state index in [1.54, 1.807) is 43.3 Å². The van der Waals surface area contributed by atoms with E-state index in [2.05, 4.69) is 5.32 Å². The lowest BCUT2D eigenvalue weighted by Gasteiger charge is -2.10. The van der Waals surface area contributed by atoms with Gasteiger partial charge in [0.25, 0.3) is 5.91 Å². The number of carbonyl (C=O) groups excluding carboxylic acids is 1. The molecule has 0 unspecified atom stereocenters. The molecule has 104 valence electrons. The van der Waals surface area contributed by atoms with E-state index >= 15 is 0 Å². The predicted octanol–water partition coefficient (Wildman–Crippen LogP) is 4.30. The van der Waals surface area contributed by atoms with Crippen LogP contribution < -0.4 is 5.32 Å². The molecule has 0 radical (unpaired) electrons. The van der Waals surface area contributed by atoms with Crippen molar-refractivity contribution in [2.75, 3.05) is 5.32 Å². The Hall–Kier alpha value is -1.55. The second-order valence-electron chi connectivity index (χ2n) is 4.38. The zero-order valence-corrected chi connectivity index (χ0v) is 12.2. The van der Waals surface area contributed by atoms with Crippen LogP contribution >= 0.6 is 23.2 Å². The van der Waals surface area contributed by atoms with Crippen LogP contribution in [-0.2, 0) is 0 Å². The van der Waals surface area contributed by atoms with Crippen LogP contribution in [0.15, 0.2) is 42.5 Å². The molecular formula is C15H13Cl2NO2. The first-order chi connectivity index (χ1) is 9.47. The maximum Gasteiger partial charge on any atom is 0.257 e. The summed E-state index contributed by atoms with van der Waals surface area (Å²) in [5.41, 5.74) is 1.62. The molecule has 0 aliphatic heterocycles. The van der Waals surface area contributed by atoms with Crippen molar-refractivity contribution in [1.82, 2.24) is 0 Å². The van der Waals surface area contributed by atoms with Gasteiger partial charge in [0.2, 0.25) is 0 Å². The third kappa shape index (κ3) is 3.51. The fourth-order valence-corrected chi connectivity index (χ4v) is 2.12. The first-order valence-corrected chi connectivity index (χ1v) is 6.77. The molecule has 1 amide bonds. The van der Waals surface area contributed by atoms with E-state index in [4.69, 9.17) is 23.2 Å². The van der Waals surface area contributed by atoms with Crippen LogP contribution in [0.5, 0.6) is 0 Å². The van der Waals surface area contributed by atoms with Gasteiger partial charge < -0.3 is 10.4 Å². The topological polar surface area (TPSA) is 49.3 Å². The maximum atomic E-state index is 12.2. The van der Waals surface area contributed by atoms with Gasteiger partial charge in [0.05, 0.1) is 16.7 Å². The normalized spacial score (nSPS) is 12.0. The van der Waals surface area contributed by atoms with Gasteiger partial charge in [-0.05, 0) is 42.8 Å². The van der Waals surface area contributed by atoms with Crippen LogP contribution in [0.3, 0.4) is 0 Å². The molecule has 0 saturated heterocycles. The highest BCUT2D eigenvalue weighted by Gasteiger charge is 2.12. The number of carbonyl (C=O) groups is 1. The molecule has 0 saturated carbocycles. The molecule has 1 atom stereocenters. The molecule has 0 spiro atoms. The summed E-state index contributed by atoms with van der Waals surface area (Å²) < 4.78 is 0. The number of rotatable bonds is 3. The van der Waals surface area contributed by atoms with E-state index in [0.717, 1.165) is 5.56 Å². The number of benzene rings is 2. The second kappa shape index (κ2) is 6.27. The van der Waals surface area contributed by atoms with Crippen molar-refractivity contribution in [1.29, 1.82) is 0 Å². The zero-order chi connectivity index (χ0) is 14.7. The molecule has 3 nitrogen and oxygen atoms in total. The van der Waals surface area contributed by atoms with Crippen LogP contribution in [-0.4, -0.2) is 11.0 Å². The number of aliphatic hydroxyl groups is 1. The molecular weight excluding hydrogens is 297 g/mol. The van der Waals surface area contributed by atoms with Crippen LogP contribution in [0.25, 0.3) is 0 Å². The standard InChI is InChI=1S/C15H13Cl2NO2/c1-9(19)10-3-2-4-12(7-10)18-15(20)13-8-11(16)5-6-14(13)17/h2-9,19H,1H3,(H,18,20)/t9-/m1/s1. The molecule has 2 aromatic carbocycles. The van der Waals surface area contributed by atoms with E-state index in [1.165, 1.54) is 6.07 Å². The highest BCUT2D eigenvalue weighted by Crippen LogP contribution is 2.23. The summed E-state index contributed by atoms with van der Waals surface area (Å²) in [4.78, 5) is 12.2. The zero-order valence-electron chi connectivity index (χ0n) is 10.7. The van der Waals surface area contributed by atoms with Crippen LogP contribution in [0.2, 0.25) is 10.0 Å². The third-order valence-corrected chi connectivity index (χ3v) is 3.36. The van der Waals surface area contributed by atoms with Crippen molar-refractivity contribution >= 4 is 34.8 Å². The van der Waals surface area contributed by atoms with Gasteiger partial charge >= 0.3 is 0 Å². The van der Waals surface area contributed by atoms with Gasteiger partial charge in [-0.2, -0.15) is 0 Å². The number of nitrogens with one attached hydrogen (secondary N) is 1. The van der Waals surface area contributed by atoms with E-state index in [0.29, 0.717) is 21.3 Å². The van der Waals surface area contributed by atoms with E-state index in [9.17, 15) is 9.90 Å². The quantitative estimate of drug-likeness (QED) is 0.888. The Labute approximate surface area is 127 Å². The van der Waals surface area contributed by atoms with Crippen molar-refractivity contribution in [3.05, 3.63) is 63.6 Å². The number of hydrogen-bond acceptors (Lipinski definition) is 2. The molecule has 0 fully saturated rings. The lowest BCUT2D eigenvalue weighted by atomic mass is 10.1. The van der Waals surface area contributed by atoms with Crippen molar-refractivity contribution in [3.63, 3.8) is 0 Å². The molecule has 2 rings (SSSR count). The Kier molecular flexibility index (Phi) is 4.65. The van der Waals surface area contributed by atoms with Crippen LogP contribution in [0.1, 0.15) is 28.9 Å². The summed E-state index contributed by atoms with van der Waals surface area (Å²) >= 11 is 11.8. The summed E-state index contributed by atoms with van der Waals surface area (Å²) in [6.07, 6.45) is -0.596. The first kappa shape index (κ1) is 14.9. The highest BCUT2D eigenvalue weighted by molar-refractivity contribution is 6.36. The van der Waals surface area contributed by atoms with Gasteiger partial charge in [0, 0.05) is 10.7 Å². The van der Waals surface area contributed by atoms with E-state index in [-0.39, 0.29) is 5.91 Å². The van der Waals surface area contributed by atoms with Gasteiger partial charge in [-0.1, -0.05) is 35.3 Å². The molecule has 5 heteroatoms. The van der Waals surface area contributed by atoms with Crippen LogP contribution in [0, 0.1) is 0 Å². The Morgan fingerprint density at radius 2 is 1.95 bits per heavy atom. The monoisotopic (exact) mass is 309 g/mol. The molecule has 2 N–H and O–H groups in total. The summed E-state index contributed by atoms with van der Waals surface area (Å²) in [5.74, 6) is -0.347. The van der Waals surface area contributed by atoms with Gasteiger partial charge in [0.1, 0.15) is 0 Å². The molecule has 0 bridgehead atoms. The van der Waals surface area contributed by atoms with E-state index < -0.39 is 6.10 Å². The average molecular weight is 310 g/mol. The minimum atomic E-state index is -0.596. The fourth-order valence-electron chi connectivity index (χ4n) is 1.75. The molecule has 0 heterocycles. The molecule has 20 heavy (non-hydrogen) atoms. The SMILES string of the molecule is C[C@@H](O)c1cccc(NC(=O)c2cc(Cl)ccc2Cl)c1. The van der Waals surface area contributed by atoms with Gasteiger partial charge in [-0.25, -0.2) is 0 Å². The Morgan fingerprint density at radius 1 is 1.20 bits per heavy atom. The number of anilines is 1. The lowest BCUT2D eigenvalue weighted by molar-refractivity contribution is 0.102. The third-order valence-electron chi connectivity index (χ3n) is 2.80. The number of aliphatic hydroxyl groups excluding tert-OH is 1. The molecule has 2 aromatic rings. The fraction of sp³-hybridized carbons (Fsp3) is 0.133. The van der Waals surface area contributed by atoms with E-state index in [1.807, 2.05) is 0 Å². The van der Waals surface area contributed by atoms with Crippen LogP contribution in [0.4, 0.5) is 5.69 Å². The first-order valence-electron chi connectivity index (χ1n) is 6.02. The summed E-state index contributed by atoms with van der Waals surface area (Å²) in [7, 11) is 0. The second-order valence-corrected chi connectivity index (χ2v) is 5.22. The minimum Gasteiger partial charge on any atom is -0.389 e. The van der Waals surface area contributed by atoms with Crippen molar-refractivity contribution < 1.29 is 9.90 Å². The lowest BCUT2D eigenvalue weighted by Crippen LogP contribution is -2.12. The van der Waals surface area contributed by atoms with Gasteiger partial charge in [0.15, 0.2) is 0 Å². The Morgan fingerprint density at radius 3 is 2.65 bits per heavy atom. The average Bonchev–Trinajstić information content (AvgIpc) is 2.41. The molecule has 0 aliphatic rings.